The molecule has 1 aliphatic rings. The van der Waals surface area contributed by atoms with Crippen LogP contribution in [0.15, 0.2) is 54.6 Å². The molecule has 0 radical (unpaired) electrons. The van der Waals surface area contributed by atoms with Crippen molar-refractivity contribution in [2.24, 2.45) is 0 Å². The van der Waals surface area contributed by atoms with Gasteiger partial charge in [-0.3, -0.25) is 4.79 Å². The summed E-state index contributed by atoms with van der Waals surface area (Å²) in [7, 11) is 0. The number of benzene rings is 2. The van der Waals surface area contributed by atoms with Gasteiger partial charge in [-0.2, -0.15) is 0 Å². The molecule has 0 fully saturated rings. The molecule has 0 saturated carbocycles. The van der Waals surface area contributed by atoms with Gasteiger partial charge in [0.15, 0.2) is 0 Å². The first-order valence-electron chi connectivity index (χ1n) is 6.49. The summed E-state index contributed by atoms with van der Waals surface area (Å²) in [6.45, 7) is 1.64. The predicted molar refractivity (Wildman–Crippen MR) is 74.8 cm³/mol. The Labute approximate surface area is 112 Å². The maximum Gasteiger partial charge on any atom is 0.251 e. The topological polar surface area (TPSA) is 41.1 Å². The molecule has 1 aliphatic heterocycles. The van der Waals surface area contributed by atoms with Gasteiger partial charge >= 0.3 is 0 Å². The minimum Gasteiger partial charge on any atom is -0.344 e. The molecule has 3 heteroatoms. The lowest BCUT2D eigenvalue weighted by molar-refractivity contribution is 0.0934. The van der Waals surface area contributed by atoms with E-state index in [4.69, 9.17) is 0 Å². The molecule has 0 unspecified atom stereocenters. The van der Waals surface area contributed by atoms with Gasteiger partial charge in [0.05, 0.1) is 6.04 Å². The Hall–Kier alpha value is -2.13. The van der Waals surface area contributed by atoms with E-state index in [0.29, 0.717) is 5.56 Å². The summed E-state index contributed by atoms with van der Waals surface area (Å²) in [5.74, 6) is -0.0240. The van der Waals surface area contributed by atoms with Crippen LogP contribution in [0.5, 0.6) is 0 Å². The minimum atomic E-state index is -0.0240. The fraction of sp³-hybridized carbons (Fsp3) is 0.188. The first-order valence-corrected chi connectivity index (χ1v) is 6.49. The van der Waals surface area contributed by atoms with Crippen LogP contribution in [0.1, 0.15) is 27.5 Å². The number of rotatable bonds is 2. The van der Waals surface area contributed by atoms with Gasteiger partial charge in [-0.05, 0) is 23.3 Å². The van der Waals surface area contributed by atoms with E-state index in [1.807, 2.05) is 42.5 Å². The molecule has 2 aromatic carbocycles. The molecule has 0 aromatic heterocycles. The minimum absolute atomic E-state index is 0.0240. The molecular formula is C16H16N2O. The zero-order valence-electron chi connectivity index (χ0n) is 10.6. The van der Waals surface area contributed by atoms with Crippen molar-refractivity contribution in [3.05, 3.63) is 71.3 Å². The SMILES string of the molecule is O=C(N[C@H]1CNCc2ccccc21)c1ccccc1. The normalized spacial score (nSPS) is 17.6. The Balaban J connectivity index is 1.80. The lowest BCUT2D eigenvalue weighted by atomic mass is 9.96. The lowest BCUT2D eigenvalue weighted by Gasteiger charge is -2.27. The summed E-state index contributed by atoms with van der Waals surface area (Å²) in [4.78, 5) is 12.2. The number of fused-ring (bicyclic) bond motifs is 1. The Bertz CT molecular complexity index is 580. The van der Waals surface area contributed by atoms with E-state index >= 15 is 0 Å². The average Bonchev–Trinajstić information content (AvgIpc) is 2.48. The highest BCUT2D eigenvalue weighted by atomic mass is 16.1. The molecule has 96 valence electrons. The van der Waals surface area contributed by atoms with Crippen LogP contribution in [-0.4, -0.2) is 12.5 Å². The van der Waals surface area contributed by atoms with E-state index in [0.717, 1.165) is 13.1 Å². The average molecular weight is 252 g/mol. The summed E-state index contributed by atoms with van der Waals surface area (Å²) < 4.78 is 0. The predicted octanol–water partition coefficient (Wildman–Crippen LogP) is 2.26. The zero-order chi connectivity index (χ0) is 13.1. The second-order valence-corrected chi connectivity index (χ2v) is 4.72. The van der Waals surface area contributed by atoms with Crippen molar-refractivity contribution >= 4 is 5.91 Å². The third-order valence-electron chi connectivity index (χ3n) is 3.44. The molecule has 0 aliphatic carbocycles. The Morgan fingerprint density at radius 3 is 2.63 bits per heavy atom. The molecule has 2 aromatic rings. The third-order valence-corrected chi connectivity index (χ3v) is 3.44. The molecule has 3 rings (SSSR count). The molecule has 3 nitrogen and oxygen atoms in total. The van der Waals surface area contributed by atoms with Crippen molar-refractivity contribution in [3.8, 4) is 0 Å². The van der Waals surface area contributed by atoms with E-state index in [2.05, 4.69) is 22.8 Å². The quantitative estimate of drug-likeness (QED) is 0.860. The van der Waals surface area contributed by atoms with Gasteiger partial charge in [-0.25, -0.2) is 0 Å². The lowest BCUT2D eigenvalue weighted by Crippen LogP contribution is -2.39. The fourth-order valence-electron chi connectivity index (χ4n) is 2.46. The number of amides is 1. The maximum atomic E-state index is 12.2. The molecule has 0 spiro atoms. The summed E-state index contributed by atoms with van der Waals surface area (Å²) >= 11 is 0. The summed E-state index contributed by atoms with van der Waals surface area (Å²) in [5.41, 5.74) is 3.17. The van der Waals surface area contributed by atoms with Gasteiger partial charge in [0, 0.05) is 18.7 Å². The van der Waals surface area contributed by atoms with Crippen LogP contribution in [0.3, 0.4) is 0 Å². The molecule has 19 heavy (non-hydrogen) atoms. The second-order valence-electron chi connectivity index (χ2n) is 4.72. The van der Waals surface area contributed by atoms with Crippen LogP contribution in [0.25, 0.3) is 0 Å². The summed E-state index contributed by atoms with van der Waals surface area (Å²) in [5, 5.41) is 6.42. The fourth-order valence-corrected chi connectivity index (χ4v) is 2.46. The van der Waals surface area contributed by atoms with Crippen molar-refractivity contribution in [3.63, 3.8) is 0 Å². The van der Waals surface area contributed by atoms with Gasteiger partial charge in [0.1, 0.15) is 0 Å². The van der Waals surface area contributed by atoms with E-state index in [9.17, 15) is 4.79 Å². The van der Waals surface area contributed by atoms with Gasteiger partial charge in [-0.15, -0.1) is 0 Å². The first kappa shape index (κ1) is 11.9. The molecule has 1 amide bonds. The highest BCUT2D eigenvalue weighted by Crippen LogP contribution is 2.21. The molecule has 1 atom stereocenters. The van der Waals surface area contributed by atoms with Crippen LogP contribution in [0, 0.1) is 0 Å². The number of hydrogen-bond donors (Lipinski definition) is 2. The summed E-state index contributed by atoms with van der Waals surface area (Å²) in [6.07, 6.45) is 0. The molecule has 0 saturated heterocycles. The highest BCUT2D eigenvalue weighted by molar-refractivity contribution is 5.94. The smallest absolute Gasteiger partial charge is 0.251 e. The van der Waals surface area contributed by atoms with Crippen molar-refractivity contribution in [1.82, 2.24) is 10.6 Å². The molecule has 2 N–H and O–H groups in total. The third kappa shape index (κ3) is 2.51. The van der Waals surface area contributed by atoms with Crippen LogP contribution >= 0.6 is 0 Å². The van der Waals surface area contributed by atoms with Gasteiger partial charge in [0.25, 0.3) is 5.91 Å². The van der Waals surface area contributed by atoms with E-state index < -0.39 is 0 Å². The summed E-state index contributed by atoms with van der Waals surface area (Å²) in [6, 6.07) is 17.6. The Kier molecular flexibility index (Phi) is 3.29. The standard InChI is InChI=1S/C16H16N2O/c19-16(12-6-2-1-3-7-12)18-15-11-17-10-13-8-4-5-9-14(13)15/h1-9,15,17H,10-11H2,(H,18,19)/t15-/m0/s1. The number of carbonyl (C=O) groups is 1. The van der Waals surface area contributed by atoms with Gasteiger partial charge in [0.2, 0.25) is 0 Å². The maximum absolute atomic E-state index is 12.2. The Morgan fingerprint density at radius 2 is 1.79 bits per heavy atom. The van der Waals surface area contributed by atoms with E-state index in [1.165, 1.54) is 11.1 Å². The van der Waals surface area contributed by atoms with Crippen molar-refractivity contribution < 1.29 is 4.79 Å². The van der Waals surface area contributed by atoms with Gasteiger partial charge < -0.3 is 10.6 Å². The molecule has 0 bridgehead atoms. The Morgan fingerprint density at radius 1 is 1.05 bits per heavy atom. The highest BCUT2D eigenvalue weighted by Gasteiger charge is 2.21. The van der Waals surface area contributed by atoms with Crippen molar-refractivity contribution in [2.75, 3.05) is 6.54 Å². The van der Waals surface area contributed by atoms with Crippen molar-refractivity contribution in [2.45, 2.75) is 12.6 Å². The number of hydrogen-bond acceptors (Lipinski definition) is 2. The molecular weight excluding hydrogens is 236 g/mol. The van der Waals surface area contributed by atoms with Crippen LogP contribution in [-0.2, 0) is 6.54 Å². The van der Waals surface area contributed by atoms with Crippen LogP contribution < -0.4 is 10.6 Å². The largest absolute Gasteiger partial charge is 0.344 e. The van der Waals surface area contributed by atoms with E-state index in [-0.39, 0.29) is 11.9 Å². The second kappa shape index (κ2) is 5.24. The number of carbonyl (C=O) groups excluding carboxylic acids is 1. The molecule has 1 heterocycles. The van der Waals surface area contributed by atoms with E-state index in [1.54, 1.807) is 0 Å². The zero-order valence-corrected chi connectivity index (χ0v) is 10.6. The first-order chi connectivity index (χ1) is 9.34. The monoisotopic (exact) mass is 252 g/mol. The van der Waals surface area contributed by atoms with Gasteiger partial charge in [-0.1, -0.05) is 42.5 Å². The van der Waals surface area contributed by atoms with Crippen molar-refractivity contribution in [1.29, 1.82) is 0 Å². The van der Waals surface area contributed by atoms with Crippen LogP contribution in [0.4, 0.5) is 0 Å². The number of nitrogens with one attached hydrogen (secondary N) is 2. The van der Waals surface area contributed by atoms with Crippen LogP contribution in [0.2, 0.25) is 0 Å².